The molecule has 0 amide bonds. The van der Waals surface area contributed by atoms with E-state index in [0.29, 0.717) is 5.82 Å². The summed E-state index contributed by atoms with van der Waals surface area (Å²) in [6.45, 7) is 11.4. The molecule has 6 nitrogen and oxygen atoms in total. The summed E-state index contributed by atoms with van der Waals surface area (Å²) >= 11 is 0. The van der Waals surface area contributed by atoms with Gasteiger partial charge in [0.25, 0.3) is 5.82 Å². The Morgan fingerprint density at radius 3 is 2.88 bits per heavy atom. The second kappa shape index (κ2) is 5.87. The minimum absolute atomic E-state index is 0.494. The van der Waals surface area contributed by atoms with E-state index in [0.717, 1.165) is 46.0 Å². The minimum Gasteiger partial charge on any atom is -0.362 e. The fraction of sp³-hybridized carbons (Fsp3) is 0.158. The molecule has 0 bridgehead atoms. The van der Waals surface area contributed by atoms with E-state index in [4.69, 9.17) is 6.57 Å². The molecule has 0 aliphatic rings. The van der Waals surface area contributed by atoms with Gasteiger partial charge in [0.15, 0.2) is 0 Å². The third kappa shape index (κ3) is 2.46. The quantitative estimate of drug-likeness (QED) is 0.573. The zero-order valence-corrected chi connectivity index (χ0v) is 14.0. The smallest absolute Gasteiger partial charge is 0.254 e. The lowest BCUT2D eigenvalue weighted by molar-refractivity contribution is 0.975. The number of aryl methyl sites for hydroxylation is 2. The number of pyridine rings is 2. The van der Waals surface area contributed by atoms with Crippen LogP contribution in [0.15, 0.2) is 42.7 Å². The first-order valence-electron chi connectivity index (χ1n) is 8.07. The van der Waals surface area contributed by atoms with Crippen LogP contribution in [0.5, 0.6) is 0 Å². The Morgan fingerprint density at radius 1 is 1.24 bits per heavy atom. The summed E-state index contributed by atoms with van der Waals surface area (Å²) in [6.07, 6.45) is 4.36. The molecule has 25 heavy (non-hydrogen) atoms. The highest BCUT2D eigenvalue weighted by Crippen LogP contribution is 2.33. The number of nitrogens with zero attached hydrogens (tertiary/aromatic N) is 5. The second-order valence-corrected chi connectivity index (χ2v) is 5.82. The van der Waals surface area contributed by atoms with Crippen molar-refractivity contribution in [2.45, 2.75) is 20.3 Å². The van der Waals surface area contributed by atoms with Crippen LogP contribution < -0.4 is 0 Å². The molecule has 6 heteroatoms. The molecule has 4 aromatic rings. The molecule has 0 radical (unpaired) electrons. The fourth-order valence-corrected chi connectivity index (χ4v) is 3.00. The van der Waals surface area contributed by atoms with Crippen molar-refractivity contribution in [2.24, 2.45) is 0 Å². The maximum Gasteiger partial charge on any atom is 0.254 e. The Balaban J connectivity index is 1.96. The van der Waals surface area contributed by atoms with Gasteiger partial charge in [-0.2, -0.15) is 5.10 Å². The highest BCUT2D eigenvalue weighted by Gasteiger charge is 2.18. The molecule has 4 heterocycles. The minimum atomic E-state index is 0.494. The van der Waals surface area contributed by atoms with E-state index < -0.39 is 0 Å². The van der Waals surface area contributed by atoms with Gasteiger partial charge in [-0.1, -0.05) is 19.6 Å². The van der Waals surface area contributed by atoms with Crippen LogP contribution in [0.2, 0.25) is 0 Å². The molecule has 0 spiro atoms. The molecule has 122 valence electrons. The van der Waals surface area contributed by atoms with Crippen LogP contribution in [0.1, 0.15) is 18.3 Å². The normalized spacial score (nSPS) is 10.9. The predicted molar refractivity (Wildman–Crippen MR) is 96.4 cm³/mol. The topological polar surface area (TPSA) is 63.2 Å². The SMILES string of the molecule is [C-]#[N+]c1cnc2ccc(-c3c(-c4cccc(C)n4)n[nH]c3CC)cn12. The summed E-state index contributed by atoms with van der Waals surface area (Å²) in [5.41, 5.74) is 6.41. The first-order chi connectivity index (χ1) is 12.2. The number of imidazole rings is 1. The van der Waals surface area contributed by atoms with Crippen LogP contribution in [-0.2, 0) is 6.42 Å². The lowest BCUT2D eigenvalue weighted by atomic mass is 10.0. The Morgan fingerprint density at radius 2 is 2.12 bits per heavy atom. The van der Waals surface area contributed by atoms with E-state index in [9.17, 15) is 0 Å². The van der Waals surface area contributed by atoms with Gasteiger partial charge in [0.2, 0.25) is 5.65 Å². The monoisotopic (exact) mass is 328 g/mol. The van der Waals surface area contributed by atoms with Crippen molar-refractivity contribution in [1.29, 1.82) is 0 Å². The Kier molecular flexibility index (Phi) is 3.55. The van der Waals surface area contributed by atoms with E-state index in [1.54, 1.807) is 6.20 Å². The third-order valence-corrected chi connectivity index (χ3v) is 4.22. The van der Waals surface area contributed by atoms with Crippen molar-refractivity contribution >= 4 is 11.5 Å². The molecule has 0 fully saturated rings. The van der Waals surface area contributed by atoms with E-state index in [1.807, 2.05) is 47.9 Å². The summed E-state index contributed by atoms with van der Waals surface area (Å²) in [5.74, 6) is 0.494. The molecule has 0 aliphatic carbocycles. The number of hydrogen-bond donors (Lipinski definition) is 1. The van der Waals surface area contributed by atoms with Gasteiger partial charge in [-0.25, -0.2) is 9.38 Å². The first-order valence-corrected chi connectivity index (χ1v) is 8.07. The standard InChI is InChI=1S/C19H16N6/c1-4-14-18(19(24-23-14)15-7-5-6-12(2)22-15)13-8-9-16-21-10-17(20-3)25(16)11-13/h5-11H,4H2,1-2H3,(H,23,24). The highest BCUT2D eigenvalue weighted by atomic mass is 15.1. The number of hydrogen-bond acceptors (Lipinski definition) is 3. The van der Waals surface area contributed by atoms with E-state index in [-0.39, 0.29) is 0 Å². The summed E-state index contributed by atoms with van der Waals surface area (Å²) < 4.78 is 1.81. The fourth-order valence-electron chi connectivity index (χ4n) is 3.00. The van der Waals surface area contributed by atoms with Crippen molar-refractivity contribution in [3.63, 3.8) is 0 Å². The molecule has 0 aromatic carbocycles. The summed E-state index contributed by atoms with van der Waals surface area (Å²) in [6, 6.07) is 9.85. The Labute approximate surface area is 145 Å². The largest absolute Gasteiger partial charge is 0.362 e. The Bertz CT molecular complexity index is 1110. The lowest BCUT2D eigenvalue weighted by Crippen LogP contribution is -1.92. The van der Waals surface area contributed by atoms with Crippen LogP contribution >= 0.6 is 0 Å². The molecule has 0 saturated carbocycles. The maximum atomic E-state index is 7.30. The van der Waals surface area contributed by atoms with Gasteiger partial charge in [0.05, 0.1) is 18.1 Å². The van der Waals surface area contributed by atoms with Crippen LogP contribution in [0, 0.1) is 13.5 Å². The predicted octanol–water partition coefficient (Wildman–Crippen LogP) is 4.21. The van der Waals surface area contributed by atoms with E-state index in [2.05, 4.69) is 31.9 Å². The van der Waals surface area contributed by atoms with Crippen molar-refractivity contribution < 1.29 is 0 Å². The van der Waals surface area contributed by atoms with Crippen molar-refractivity contribution in [3.8, 4) is 22.5 Å². The van der Waals surface area contributed by atoms with Gasteiger partial charge in [-0.3, -0.25) is 10.1 Å². The van der Waals surface area contributed by atoms with Gasteiger partial charge >= 0.3 is 0 Å². The average molecular weight is 328 g/mol. The van der Waals surface area contributed by atoms with Crippen LogP contribution in [0.25, 0.3) is 33.0 Å². The lowest BCUT2D eigenvalue weighted by Gasteiger charge is -2.06. The molecule has 0 unspecified atom stereocenters. The molecular formula is C19H16N6. The third-order valence-electron chi connectivity index (χ3n) is 4.22. The number of aromatic amines is 1. The average Bonchev–Trinajstić information content (AvgIpc) is 3.24. The first kappa shape index (κ1) is 15.1. The number of aromatic nitrogens is 5. The highest BCUT2D eigenvalue weighted by molar-refractivity contribution is 5.81. The van der Waals surface area contributed by atoms with Crippen LogP contribution in [0.3, 0.4) is 0 Å². The van der Waals surface area contributed by atoms with Gasteiger partial charge in [-0.05, 0) is 31.5 Å². The summed E-state index contributed by atoms with van der Waals surface area (Å²) in [4.78, 5) is 12.4. The number of fused-ring (bicyclic) bond motifs is 1. The van der Waals surface area contributed by atoms with Gasteiger partial charge in [-0.15, -0.1) is 0 Å². The van der Waals surface area contributed by atoms with Gasteiger partial charge in [0, 0.05) is 28.6 Å². The van der Waals surface area contributed by atoms with Crippen molar-refractivity contribution in [3.05, 3.63) is 65.5 Å². The Hall–Kier alpha value is -3.46. The number of rotatable bonds is 3. The molecule has 1 N–H and O–H groups in total. The van der Waals surface area contributed by atoms with Gasteiger partial charge < -0.3 is 4.85 Å². The molecule has 0 saturated heterocycles. The van der Waals surface area contributed by atoms with E-state index in [1.165, 1.54) is 0 Å². The number of nitrogens with one attached hydrogen (secondary N) is 1. The van der Waals surface area contributed by atoms with Crippen molar-refractivity contribution in [1.82, 2.24) is 24.6 Å². The summed E-state index contributed by atoms with van der Waals surface area (Å²) in [5, 5.41) is 7.65. The van der Waals surface area contributed by atoms with Crippen LogP contribution in [0.4, 0.5) is 5.82 Å². The zero-order valence-electron chi connectivity index (χ0n) is 14.0. The second-order valence-electron chi connectivity index (χ2n) is 5.82. The van der Waals surface area contributed by atoms with Crippen molar-refractivity contribution in [2.75, 3.05) is 0 Å². The maximum absolute atomic E-state index is 7.30. The van der Waals surface area contributed by atoms with E-state index >= 15 is 0 Å². The molecule has 4 rings (SSSR count). The number of H-pyrrole nitrogens is 1. The molecular weight excluding hydrogens is 312 g/mol. The van der Waals surface area contributed by atoms with Gasteiger partial charge in [0.1, 0.15) is 5.69 Å². The molecule has 0 atom stereocenters. The zero-order chi connectivity index (χ0) is 17.4. The van der Waals surface area contributed by atoms with Crippen LogP contribution in [-0.4, -0.2) is 24.6 Å². The molecule has 4 aromatic heterocycles. The summed E-state index contributed by atoms with van der Waals surface area (Å²) in [7, 11) is 0. The molecule has 0 aliphatic heterocycles.